The summed E-state index contributed by atoms with van der Waals surface area (Å²) in [5, 5.41) is 28.8. The fourth-order valence-corrected chi connectivity index (χ4v) is 3.11. The van der Waals surface area contributed by atoms with Crippen molar-refractivity contribution in [2.75, 3.05) is 12.3 Å². The van der Waals surface area contributed by atoms with Gasteiger partial charge in [0.2, 0.25) is 5.95 Å². The first-order valence-corrected chi connectivity index (χ1v) is 6.79. The van der Waals surface area contributed by atoms with Crippen LogP contribution in [0.5, 0.6) is 0 Å². The second-order valence-electron chi connectivity index (χ2n) is 4.57. The van der Waals surface area contributed by atoms with Crippen molar-refractivity contribution in [1.82, 2.24) is 14.5 Å². The van der Waals surface area contributed by atoms with Crippen LogP contribution in [-0.4, -0.2) is 54.8 Å². The van der Waals surface area contributed by atoms with E-state index in [1.165, 1.54) is 0 Å². The number of hydrogen-bond donors (Lipinski definition) is 5. The Morgan fingerprint density at radius 3 is 2.71 bits per heavy atom. The van der Waals surface area contributed by atoms with E-state index in [9.17, 15) is 19.8 Å². The maximum Gasteiger partial charge on any atom is 0.311 e. The van der Waals surface area contributed by atoms with Gasteiger partial charge in [0.15, 0.2) is 11.9 Å². The molecule has 1 saturated heterocycles. The minimum absolute atomic E-state index is 0.0342. The van der Waals surface area contributed by atoms with Crippen molar-refractivity contribution in [2.45, 2.75) is 24.5 Å². The molecule has 0 saturated carbocycles. The van der Waals surface area contributed by atoms with E-state index in [0.29, 0.717) is 11.3 Å². The topological polar surface area (TPSA) is 164 Å². The Morgan fingerprint density at radius 1 is 1.38 bits per heavy atom. The average Bonchev–Trinajstić information content (AvgIpc) is 2.89. The van der Waals surface area contributed by atoms with Crippen LogP contribution in [0.2, 0.25) is 0 Å². The van der Waals surface area contributed by atoms with Gasteiger partial charge >= 0.3 is 4.87 Å². The van der Waals surface area contributed by atoms with Crippen LogP contribution < -0.4 is 16.2 Å². The third-order valence-corrected chi connectivity index (χ3v) is 4.21. The number of aromatic nitrogens is 3. The largest absolute Gasteiger partial charge is 0.394 e. The summed E-state index contributed by atoms with van der Waals surface area (Å²) in [5.74, 6) is -0.189. The van der Waals surface area contributed by atoms with E-state index < -0.39 is 41.6 Å². The molecule has 6 N–H and O–H groups in total. The molecule has 3 rings (SSSR count). The molecule has 3 heterocycles. The maximum absolute atomic E-state index is 12.0. The number of anilines is 1. The molecule has 1 aliphatic rings. The second kappa shape index (κ2) is 4.89. The molecule has 10 nitrogen and oxygen atoms in total. The predicted octanol–water partition coefficient (Wildman–Crippen LogP) is -2.66. The minimum Gasteiger partial charge on any atom is -0.394 e. The van der Waals surface area contributed by atoms with Crippen LogP contribution in [0.1, 0.15) is 6.23 Å². The number of nitrogens with zero attached hydrogens (tertiary/aromatic N) is 2. The number of nitrogens with one attached hydrogen (secondary N) is 1. The van der Waals surface area contributed by atoms with E-state index in [1.807, 2.05) is 0 Å². The van der Waals surface area contributed by atoms with Gasteiger partial charge < -0.3 is 25.8 Å². The zero-order chi connectivity index (χ0) is 15.3. The predicted molar refractivity (Wildman–Crippen MR) is 71.9 cm³/mol. The van der Waals surface area contributed by atoms with Crippen LogP contribution in [0.4, 0.5) is 5.95 Å². The third-order valence-electron chi connectivity index (χ3n) is 3.26. The Kier molecular flexibility index (Phi) is 3.30. The number of aliphatic hydroxyl groups is 3. The van der Waals surface area contributed by atoms with Crippen molar-refractivity contribution >= 4 is 27.6 Å². The minimum atomic E-state index is -1.44. The lowest BCUT2D eigenvalue weighted by Crippen LogP contribution is -2.34. The van der Waals surface area contributed by atoms with Crippen LogP contribution >= 0.6 is 11.3 Å². The van der Waals surface area contributed by atoms with Gasteiger partial charge in [-0.2, -0.15) is 4.98 Å². The first kappa shape index (κ1) is 14.2. The van der Waals surface area contributed by atoms with Crippen LogP contribution in [-0.2, 0) is 4.74 Å². The van der Waals surface area contributed by atoms with Gasteiger partial charge in [-0.25, -0.2) is 0 Å². The highest BCUT2D eigenvalue weighted by Gasteiger charge is 2.44. The van der Waals surface area contributed by atoms with Crippen molar-refractivity contribution in [3.8, 4) is 0 Å². The fraction of sp³-hybridized carbons (Fsp3) is 0.500. The molecule has 1 aliphatic heterocycles. The van der Waals surface area contributed by atoms with Gasteiger partial charge in [-0.05, 0) is 0 Å². The van der Waals surface area contributed by atoms with Gasteiger partial charge in [0.05, 0.1) is 6.61 Å². The number of aliphatic hydroxyl groups excluding tert-OH is 3. The summed E-state index contributed by atoms with van der Waals surface area (Å²) in [4.78, 5) is 29.3. The molecule has 0 bridgehead atoms. The highest BCUT2D eigenvalue weighted by molar-refractivity contribution is 7.16. The number of hydrogen-bond acceptors (Lipinski definition) is 9. The van der Waals surface area contributed by atoms with Gasteiger partial charge in [0.25, 0.3) is 5.56 Å². The average molecular weight is 316 g/mol. The molecule has 21 heavy (non-hydrogen) atoms. The number of thiazole rings is 1. The molecule has 1 fully saturated rings. The van der Waals surface area contributed by atoms with E-state index in [4.69, 9.17) is 15.6 Å². The summed E-state index contributed by atoms with van der Waals surface area (Å²) in [6.45, 7) is -0.526. The molecular weight excluding hydrogens is 304 g/mol. The number of rotatable bonds is 2. The Balaban J connectivity index is 2.20. The molecule has 0 spiro atoms. The Bertz CT molecular complexity index is 797. The summed E-state index contributed by atoms with van der Waals surface area (Å²) in [7, 11) is 0. The summed E-state index contributed by atoms with van der Waals surface area (Å²) in [5.41, 5.74) is 4.83. The van der Waals surface area contributed by atoms with Gasteiger partial charge in [0.1, 0.15) is 23.0 Å². The summed E-state index contributed by atoms with van der Waals surface area (Å²) in [6.07, 6.45) is -5.10. The van der Waals surface area contributed by atoms with E-state index in [2.05, 4.69) is 9.97 Å². The maximum atomic E-state index is 12.0. The lowest BCUT2D eigenvalue weighted by molar-refractivity contribution is -0.0518. The quantitative estimate of drug-likeness (QED) is 0.400. The monoisotopic (exact) mass is 316 g/mol. The number of ether oxygens (including phenoxy) is 1. The summed E-state index contributed by atoms with van der Waals surface area (Å²) >= 11 is 0.623. The van der Waals surface area contributed by atoms with Crippen LogP contribution in [0.15, 0.2) is 9.59 Å². The normalized spacial score (nSPS) is 29.3. The summed E-state index contributed by atoms with van der Waals surface area (Å²) < 4.78 is 6.26. The first-order chi connectivity index (χ1) is 9.93. The molecule has 2 aromatic heterocycles. The third kappa shape index (κ3) is 2.06. The van der Waals surface area contributed by atoms with Crippen LogP contribution in [0.25, 0.3) is 10.3 Å². The molecule has 2 unspecified atom stereocenters. The molecular formula is C10H12N4O6S. The van der Waals surface area contributed by atoms with Crippen molar-refractivity contribution in [2.24, 2.45) is 0 Å². The standard InChI is InChI=1S/C10H12N4O6S/c11-9-12-6-5(7(18)13-9)21-10(19)14(6)8-4(17)3(16)2(1-15)20-8/h2-4,8,15-17H,1H2,(H3,11,12,13,18)/t2?,3-,4-,8?/m1/s1. The van der Waals surface area contributed by atoms with E-state index >= 15 is 0 Å². The van der Waals surface area contributed by atoms with E-state index in [-0.39, 0.29) is 16.3 Å². The molecule has 114 valence electrons. The number of aromatic amines is 1. The Morgan fingerprint density at radius 2 is 2.10 bits per heavy atom. The van der Waals surface area contributed by atoms with Gasteiger partial charge in [-0.15, -0.1) is 0 Å². The highest BCUT2D eigenvalue weighted by Crippen LogP contribution is 2.30. The number of H-pyrrole nitrogens is 1. The van der Waals surface area contributed by atoms with Crippen molar-refractivity contribution in [3.63, 3.8) is 0 Å². The van der Waals surface area contributed by atoms with Gasteiger partial charge in [-0.3, -0.25) is 19.1 Å². The zero-order valence-corrected chi connectivity index (χ0v) is 11.3. The molecule has 11 heteroatoms. The molecule has 0 amide bonds. The Hall–Kier alpha value is -1.79. The number of nitrogens with two attached hydrogens (primary N) is 1. The molecule has 2 aromatic rings. The molecule has 4 atom stereocenters. The van der Waals surface area contributed by atoms with Gasteiger partial charge in [-0.1, -0.05) is 11.3 Å². The summed E-state index contributed by atoms with van der Waals surface area (Å²) in [6, 6.07) is 0. The van der Waals surface area contributed by atoms with Crippen molar-refractivity contribution in [3.05, 3.63) is 20.0 Å². The second-order valence-corrected chi connectivity index (χ2v) is 5.53. The highest BCUT2D eigenvalue weighted by atomic mass is 32.1. The van der Waals surface area contributed by atoms with Crippen molar-refractivity contribution < 1.29 is 20.1 Å². The lowest BCUT2D eigenvalue weighted by atomic mass is 10.1. The number of nitrogen functional groups attached to an aromatic ring is 1. The van der Waals surface area contributed by atoms with Crippen molar-refractivity contribution in [1.29, 1.82) is 0 Å². The van der Waals surface area contributed by atoms with E-state index in [0.717, 1.165) is 4.57 Å². The van der Waals surface area contributed by atoms with Gasteiger partial charge in [0, 0.05) is 0 Å². The molecule has 0 aromatic carbocycles. The van der Waals surface area contributed by atoms with Crippen LogP contribution in [0, 0.1) is 0 Å². The zero-order valence-electron chi connectivity index (χ0n) is 10.5. The first-order valence-electron chi connectivity index (χ1n) is 5.97. The van der Waals surface area contributed by atoms with Crippen LogP contribution in [0.3, 0.4) is 0 Å². The SMILES string of the molecule is Nc1nc2c(sc(=O)n2C2OC(CO)[C@@H](O)[C@H]2O)c(=O)[nH]1. The lowest BCUT2D eigenvalue weighted by Gasteiger charge is -2.15. The smallest absolute Gasteiger partial charge is 0.311 e. The Labute approximate surface area is 120 Å². The molecule has 0 radical (unpaired) electrons. The fourth-order valence-electron chi connectivity index (χ4n) is 2.26. The molecule has 0 aliphatic carbocycles. The number of fused-ring (bicyclic) bond motifs is 1. The van der Waals surface area contributed by atoms with E-state index in [1.54, 1.807) is 0 Å².